The van der Waals surface area contributed by atoms with Gasteiger partial charge in [0, 0.05) is 0 Å². The van der Waals surface area contributed by atoms with Crippen molar-refractivity contribution < 1.29 is 8.76 Å². The summed E-state index contributed by atoms with van der Waals surface area (Å²) in [6.07, 6.45) is 0. The van der Waals surface area contributed by atoms with Gasteiger partial charge >= 0.3 is 29.6 Å². The van der Waals surface area contributed by atoms with Crippen molar-refractivity contribution in [1.29, 1.82) is 0 Å². The molecule has 0 aliphatic heterocycles. The van der Waals surface area contributed by atoms with Crippen LogP contribution in [0, 0.1) is 0 Å². The van der Waals surface area contributed by atoms with Gasteiger partial charge in [0.1, 0.15) is 0 Å². The van der Waals surface area contributed by atoms with Crippen molar-refractivity contribution >= 4 is 40.8 Å². The van der Waals surface area contributed by atoms with Crippen molar-refractivity contribution in [3.63, 3.8) is 0 Å². The molecule has 34 valence electrons. The molecule has 0 aromatic heterocycles. The Kier molecular flexibility index (Phi) is 10.2. The first-order valence-electron chi connectivity index (χ1n) is 0.842. The summed E-state index contributed by atoms with van der Waals surface area (Å²) in [4.78, 5) is 1.56. The van der Waals surface area contributed by atoms with E-state index in [1.807, 2.05) is 0 Å². The predicted octanol–water partition coefficient (Wildman–Crippen LogP) is -2.06. The Morgan fingerprint density at radius 2 is 2.00 bits per heavy atom. The third kappa shape index (κ3) is 8.90. The van der Waals surface area contributed by atoms with Crippen LogP contribution in [0.25, 0.3) is 0 Å². The Morgan fingerprint density at radius 1 is 1.83 bits per heavy atom. The van der Waals surface area contributed by atoms with E-state index in [4.69, 9.17) is 4.55 Å². The normalized spacial score (nSPS) is 12.3. The quantitative estimate of drug-likeness (QED) is 0.161. The molecule has 0 spiro atoms. The Labute approximate surface area is 60.2 Å². The molecule has 0 radical (unpaired) electrons. The average molecular weight is 120 g/mol. The molecule has 0 aromatic carbocycles. The summed E-state index contributed by atoms with van der Waals surface area (Å²) in [5.41, 5.74) is 0. The van der Waals surface area contributed by atoms with E-state index in [2.05, 4.69) is 5.84 Å². The zero-order valence-electron chi connectivity index (χ0n) is 2.34. The van der Waals surface area contributed by atoms with Crippen molar-refractivity contribution in [2.75, 3.05) is 0 Å². The molecular weight excluding hydrogens is 115 g/mol. The summed E-state index contributed by atoms with van der Waals surface area (Å²) in [6.45, 7) is 0. The summed E-state index contributed by atoms with van der Waals surface area (Å²) in [6, 6.07) is 0. The predicted molar refractivity (Wildman–Crippen MR) is 25.2 cm³/mol. The Balaban J connectivity index is 0. The molecule has 1 unspecified atom stereocenters. The van der Waals surface area contributed by atoms with Gasteiger partial charge in [-0.3, -0.25) is 10.4 Å². The molecule has 0 aromatic rings. The van der Waals surface area contributed by atoms with E-state index in [0.29, 0.717) is 0 Å². The van der Waals surface area contributed by atoms with Crippen LogP contribution in [0.3, 0.4) is 0 Å². The number of hydrogen-bond acceptors (Lipinski definition) is 2. The fraction of sp³-hybridized carbons (Fsp3) is 0. The third-order valence-electron chi connectivity index (χ3n) is 0.101. The van der Waals surface area contributed by atoms with Crippen molar-refractivity contribution in [2.45, 2.75) is 0 Å². The van der Waals surface area contributed by atoms with Crippen LogP contribution in [0.4, 0.5) is 0 Å². The Bertz CT molecular complexity index is 46.8. The van der Waals surface area contributed by atoms with E-state index in [1.165, 1.54) is 0 Å². The van der Waals surface area contributed by atoms with Gasteiger partial charge in [-0.1, -0.05) is 0 Å². The molecule has 0 saturated carbocycles. The minimum absolute atomic E-state index is 0. The number of hydrazine groups is 1. The Morgan fingerprint density at radius 3 is 2.00 bits per heavy atom. The van der Waals surface area contributed by atoms with Gasteiger partial charge in [0.25, 0.3) is 0 Å². The zero-order valence-corrected chi connectivity index (χ0v) is 3.16. The minimum atomic E-state index is -2.04. The van der Waals surface area contributed by atoms with E-state index in [1.54, 1.807) is 4.83 Å². The van der Waals surface area contributed by atoms with Crippen LogP contribution in [0.1, 0.15) is 0 Å². The van der Waals surface area contributed by atoms with Gasteiger partial charge in [0.05, 0.1) is 0 Å². The Hall–Kier alpha value is 1.03. The fourth-order valence-electron chi connectivity index (χ4n) is 0. The van der Waals surface area contributed by atoms with Gasteiger partial charge < -0.3 is 0 Å². The zero-order chi connectivity index (χ0) is 4.28. The molecule has 1 atom stereocenters. The molecule has 0 bridgehead atoms. The summed E-state index contributed by atoms with van der Waals surface area (Å²) >= 11 is -2.04. The van der Waals surface area contributed by atoms with Gasteiger partial charge in [-0.2, -0.15) is 4.83 Å². The van der Waals surface area contributed by atoms with Gasteiger partial charge in [-0.15, -0.1) is 0 Å². The van der Waals surface area contributed by atoms with Gasteiger partial charge in [-0.25, -0.2) is 4.21 Å². The van der Waals surface area contributed by atoms with Crippen LogP contribution in [-0.4, -0.2) is 38.3 Å². The van der Waals surface area contributed by atoms with Crippen LogP contribution in [0.5, 0.6) is 0 Å². The number of nitrogens with one attached hydrogen (secondary N) is 1. The first kappa shape index (κ1) is 10.1. The number of nitrogens with two attached hydrogens (primary N) is 1. The van der Waals surface area contributed by atoms with Crippen molar-refractivity contribution in [3.05, 3.63) is 0 Å². The summed E-state index contributed by atoms with van der Waals surface area (Å²) < 4.78 is 16.8. The van der Waals surface area contributed by atoms with Crippen LogP contribution >= 0.6 is 0 Å². The van der Waals surface area contributed by atoms with Gasteiger partial charge in [0.15, 0.2) is 0 Å². The molecule has 0 rings (SSSR count). The van der Waals surface area contributed by atoms with Crippen molar-refractivity contribution in [3.8, 4) is 0 Å². The topological polar surface area (TPSA) is 75.3 Å². The van der Waals surface area contributed by atoms with E-state index in [0.717, 1.165) is 0 Å². The first-order valence-corrected chi connectivity index (χ1v) is 1.95. The molecule has 0 amide bonds. The average Bonchev–Trinajstić information content (AvgIpc) is 1.38. The number of rotatable bonds is 1. The maximum atomic E-state index is 9.24. The van der Waals surface area contributed by atoms with Crippen LogP contribution in [0.15, 0.2) is 0 Å². The second-order valence-electron chi connectivity index (χ2n) is 0.367. The molecule has 4 nitrogen and oxygen atoms in total. The molecule has 0 aliphatic carbocycles. The summed E-state index contributed by atoms with van der Waals surface area (Å²) in [5.74, 6) is 4.37. The molecule has 0 heterocycles. The van der Waals surface area contributed by atoms with Crippen molar-refractivity contribution in [1.82, 2.24) is 4.83 Å². The SMILES string of the molecule is NNS(=O)O.[NaH]. The van der Waals surface area contributed by atoms with E-state index in [-0.39, 0.29) is 29.6 Å². The number of hydrogen-bond donors (Lipinski definition) is 3. The summed E-state index contributed by atoms with van der Waals surface area (Å²) in [5, 5.41) is 0. The maximum absolute atomic E-state index is 9.24. The van der Waals surface area contributed by atoms with Gasteiger partial charge in [-0.05, 0) is 0 Å². The second kappa shape index (κ2) is 6.03. The molecule has 6 heavy (non-hydrogen) atoms. The van der Waals surface area contributed by atoms with Crippen LogP contribution < -0.4 is 10.7 Å². The molecule has 6 heteroatoms. The van der Waals surface area contributed by atoms with E-state index < -0.39 is 11.3 Å². The van der Waals surface area contributed by atoms with Gasteiger partial charge in [0.2, 0.25) is 11.3 Å². The second-order valence-corrected chi connectivity index (χ2v) is 1.10. The molecular formula is H5N2NaO2S. The first-order chi connectivity index (χ1) is 2.27. The van der Waals surface area contributed by atoms with Crippen LogP contribution in [0.2, 0.25) is 0 Å². The standard InChI is InChI=1S/H4N2O2S.Na.H/c1-2-5(3)4;;/h2H,1H2,(H,3,4);;. The third-order valence-corrected chi connectivity index (χ3v) is 0.302. The molecule has 0 aliphatic rings. The fourth-order valence-corrected chi connectivity index (χ4v) is 0. The van der Waals surface area contributed by atoms with Crippen LogP contribution in [-0.2, 0) is 11.3 Å². The summed E-state index contributed by atoms with van der Waals surface area (Å²) in [7, 11) is 0. The van der Waals surface area contributed by atoms with Crippen molar-refractivity contribution in [2.24, 2.45) is 5.84 Å². The monoisotopic (exact) mass is 120 g/mol. The molecule has 4 N–H and O–H groups in total. The molecule has 0 saturated heterocycles. The van der Waals surface area contributed by atoms with E-state index in [9.17, 15) is 4.21 Å². The molecule has 0 fully saturated rings. The van der Waals surface area contributed by atoms with E-state index >= 15 is 0 Å².